The average Bonchev–Trinajstić information content (AvgIpc) is 2.37. The maximum atomic E-state index is 13.8. The number of halogens is 3. The molecule has 0 bridgehead atoms. The summed E-state index contributed by atoms with van der Waals surface area (Å²) in [6.07, 6.45) is 0. The van der Waals surface area contributed by atoms with E-state index in [9.17, 15) is 13.2 Å². The van der Waals surface area contributed by atoms with E-state index in [1.807, 2.05) is 0 Å². The van der Waals surface area contributed by atoms with Gasteiger partial charge >= 0.3 is 0 Å². The van der Waals surface area contributed by atoms with Crippen LogP contribution in [-0.4, -0.2) is 7.05 Å². The molecule has 2 aromatic rings. The highest BCUT2D eigenvalue weighted by molar-refractivity contribution is 7.99. The molecule has 0 saturated carbocycles. The van der Waals surface area contributed by atoms with Gasteiger partial charge in [-0.1, -0.05) is 17.8 Å². The summed E-state index contributed by atoms with van der Waals surface area (Å²) >= 11 is 1.06. The van der Waals surface area contributed by atoms with Crippen LogP contribution in [0.25, 0.3) is 0 Å². The van der Waals surface area contributed by atoms with Crippen molar-refractivity contribution in [2.24, 2.45) is 0 Å². The van der Waals surface area contributed by atoms with Crippen molar-refractivity contribution in [1.82, 2.24) is 5.32 Å². The first-order valence-electron chi connectivity index (χ1n) is 5.66. The lowest BCUT2D eigenvalue weighted by atomic mass is 10.2. The van der Waals surface area contributed by atoms with Crippen molar-refractivity contribution in [3.8, 4) is 0 Å². The maximum absolute atomic E-state index is 13.8. The zero-order chi connectivity index (χ0) is 13.8. The van der Waals surface area contributed by atoms with Crippen LogP contribution in [0.15, 0.2) is 46.2 Å². The molecule has 2 rings (SSSR count). The van der Waals surface area contributed by atoms with E-state index in [0.29, 0.717) is 16.3 Å². The lowest BCUT2D eigenvalue weighted by Gasteiger charge is -2.06. The smallest absolute Gasteiger partial charge is 0.159 e. The fourth-order valence-electron chi connectivity index (χ4n) is 1.61. The number of hydrogen-bond acceptors (Lipinski definition) is 2. The van der Waals surface area contributed by atoms with Gasteiger partial charge in [-0.2, -0.15) is 0 Å². The number of hydrogen-bond donors (Lipinski definition) is 1. The lowest BCUT2D eigenvalue weighted by molar-refractivity contribution is 0.506. The first-order chi connectivity index (χ1) is 9.10. The summed E-state index contributed by atoms with van der Waals surface area (Å²) in [5, 5.41) is 2.93. The van der Waals surface area contributed by atoms with Crippen LogP contribution in [0.3, 0.4) is 0 Å². The highest BCUT2D eigenvalue weighted by Gasteiger charge is 2.08. The largest absolute Gasteiger partial charge is 0.316 e. The second kappa shape index (κ2) is 6.12. The van der Waals surface area contributed by atoms with Crippen LogP contribution in [0.4, 0.5) is 13.2 Å². The van der Waals surface area contributed by atoms with Crippen LogP contribution in [0.1, 0.15) is 5.56 Å². The van der Waals surface area contributed by atoms with Crippen molar-refractivity contribution in [2.45, 2.75) is 16.3 Å². The van der Waals surface area contributed by atoms with Gasteiger partial charge < -0.3 is 5.32 Å². The Bertz CT molecular complexity index is 587. The molecule has 1 nitrogen and oxygen atoms in total. The van der Waals surface area contributed by atoms with Gasteiger partial charge in [-0.25, -0.2) is 13.2 Å². The zero-order valence-electron chi connectivity index (χ0n) is 10.2. The first-order valence-corrected chi connectivity index (χ1v) is 6.47. The Kier molecular flexibility index (Phi) is 4.50. The highest BCUT2D eigenvalue weighted by Crippen LogP contribution is 2.31. The third-order valence-electron chi connectivity index (χ3n) is 2.50. The van der Waals surface area contributed by atoms with Gasteiger partial charge in [0.05, 0.1) is 0 Å². The Hall–Kier alpha value is -1.46. The molecule has 19 heavy (non-hydrogen) atoms. The van der Waals surface area contributed by atoms with Crippen molar-refractivity contribution in [2.75, 3.05) is 7.05 Å². The minimum absolute atomic E-state index is 0.373. The second-order valence-corrected chi connectivity index (χ2v) is 5.09. The predicted molar refractivity (Wildman–Crippen MR) is 69.6 cm³/mol. The summed E-state index contributed by atoms with van der Waals surface area (Å²) in [6, 6.07) is 8.37. The topological polar surface area (TPSA) is 12.0 Å². The third-order valence-corrected chi connectivity index (χ3v) is 3.54. The molecule has 0 unspecified atom stereocenters. The minimum atomic E-state index is -0.933. The first kappa shape index (κ1) is 14.0. The fraction of sp³-hybridized carbons (Fsp3) is 0.143. The Morgan fingerprint density at radius 3 is 2.37 bits per heavy atom. The molecule has 1 N–H and O–H groups in total. The molecule has 5 heteroatoms. The molecule has 0 atom stereocenters. The van der Waals surface area contributed by atoms with Gasteiger partial charge in [0.25, 0.3) is 0 Å². The molecule has 0 heterocycles. The lowest BCUT2D eigenvalue weighted by Crippen LogP contribution is -2.05. The standard InChI is InChI=1S/C14H12F3NS/c1-18-8-9-2-5-14(13(17)6-9)19-10-3-4-11(15)12(16)7-10/h2-7,18H,8H2,1H3. The van der Waals surface area contributed by atoms with Crippen LogP contribution in [0.2, 0.25) is 0 Å². The summed E-state index contributed by atoms with van der Waals surface area (Å²) < 4.78 is 39.7. The SMILES string of the molecule is CNCc1ccc(Sc2ccc(F)c(F)c2)c(F)c1. The third kappa shape index (κ3) is 3.52. The van der Waals surface area contributed by atoms with Crippen LogP contribution < -0.4 is 5.32 Å². The van der Waals surface area contributed by atoms with E-state index < -0.39 is 11.6 Å². The van der Waals surface area contributed by atoms with Crippen molar-refractivity contribution in [3.05, 3.63) is 59.4 Å². The van der Waals surface area contributed by atoms with E-state index >= 15 is 0 Å². The van der Waals surface area contributed by atoms with Gasteiger partial charge in [0, 0.05) is 16.3 Å². The molecule has 0 spiro atoms. The van der Waals surface area contributed by atoms with Gasteiger partial charge in [0.15, 0.2) is 11.6 Å². The van der Waals surface area contributed by atoms with E-state index in [0.717, 1.165) is 29.5 Å². The average molecular weight is 283 g/mol. The van der Waals surface area contributed by atoms with Gasteiger partial charge in [0.2, 0.25) is 0 Å². The van der Waals surface area contributed by atoms with Crippen LogP contribution >= 0.6 is 11.8 Å². The maximum Gasteiger partial charge on any atom is 0.159 e. The molecule has 0 aliphatic heterocycles. The van der Waals surface area contributed by atoms with Crippen molar-refractivity contribution in [3.63, 3.8) is 0 Å². The molecule has 100 valence electrons. The molecule has 0 radical (unpaired) electrons. The van der Waals surface area contributed by atoms with E-state index in [2.05, 4.69) is 5.32 Å². The highest BCUT2D eigenvalue weighted by atomic mass is 32.2. The summed E-state index contributed by atoms with van der Waals surface area (Å²) in [4.78, 5) is 0.838. The summed E-state index contributed by atoms with van der Waals surface area (Å²) in [6.45, 7) is 0.576. The number of rotatable bonds is 4. The van der Waals surface area contributed by atoms with Crippen LogP contribution in [-0.2, 0) is 6.54 Å². The second-order valence-electron chi connectivity index (χ2n) is 3.97. The molecule has 0 fully saturated rings. The van der Waals surface area contributed by atoms with Crippen LogP contribution in [0.5, 0.6) is 0 Å². The molecule has 0 amide bonds. The normalized spacial score (nSPS) is 10.7. The van der Waals surface area contributed by atoms with E-state index in [1.165, 1.54) is 12.1 Å². The van der Waals surface area contributed by atoms with Crippen LogP contribution in [0, 0.1) is 17.5 Å². The fourth-order valence-corrected chi connectivity index (χ4v) is 2.45. The molecule has 0 saturated heterocycles. The van der Waals surface area contributed by atoms with E-state index in [-0.39, 0.29) is 5.82 Å². The van der Waals surface area contributed by atoms with E-state index in [4.69, 9.17) is 0 Å². The van der Waals surface area contributed by atoms with Gasteiger partial charge in [-0.15, -0.1) is 0 Å². The Morgan fingerprint density at radius 1 is 0.947 bits per heavy atom. The monoisotopic (exact) mass is 283 g/mol. The quantitative estimate of drug-likeness (QED) is 0.911. The van der Waals surface area contributed by atoms with Gasteiger partial charge in [0.1, 0.15) is 5.82 Å². The van der Waals surface area contributed by atoms with Crippen molar-refractivity contribution in [1.29, 1.82) is 0 Å². The molecular weight excluding hydrogens is 271 g/mol. The summed E-state index contributed by atoms with van der Waals surface area (Å²) in [5.74, 6) is -2.21. The van der Waals surface area contributed by atoms with Crippen molar-refractivity contribution >= 4 is 11.8 Å². The minimum Gasteiger partial charge on any atom is -0.316 e. The van der Waals surface area contributed by atoms with Crippen molar-refractivity contribution < 1.29 is 13.2 Å². The zero-order valence-corrected chi connectivity index (χ0v) is 11.0. The molecule has 0 aliphatic carbocycles. The van der Waals surface area contributed by atoms with E-state index in [1.54, 1.807) is 19.2 Å². The van der Waals surface area contributed by atoms with Gasteiger partial charge in [-0.3, -0.25) is 0 Å². The molecule has 0 aliphatic rings. The molecular formula is C14H12F3NS. The molecule has 2 aromatic carbocycles. The Balaban J connectivity index is 2.20. The summed E-state index contributed by atoms with van der Waals surface area (Å²) in [7, 11) is 1.78. The Labute approximate surface area is 113 Å². The predicted octanol–water partition coefficient (Wildman–Crippen LogP) is 3.97. The number of benzene rings is 2. The molecule has 0 aromatic heterocycles. The Morgan fingerprint density at radius 2 is 1.74 bits per heavy atom. The van der Waals surface area contributed by atoms with Gasteiger partial charge in [-0.05, 0) is 42.9 Å². The number of nitrogens with one attached hydrogen (secondary N) is 1. The summed E-state index contributed by atoms with van der Waals surface area (Å²) in [5.41, 5.74) is 0.828.